The Morgan fingerprint density at radius 1 is 1.43 bits per heavy atom. The van der Waals surface area contributed by atoms with Crippen LogP contribution >= 0.6 is 11.6 Å². The third kappa shape index (κ3) is 3.58. The summed E-state index contributed by atoms with van der Waals surface area (Å²) in [5.74, 6) is -0.727. The number of anilines is 1. The molecule has 0 bridgehead atoms. The minimum absolute atomic E-state index is 0.0346. The fourth-order valence-corrected chi connectivity index (χ4v) is 2.66. The van der Waals surface area contributed by atoms with Crippen molar-refractivity contribution in [2.75, 3.05) is 11.4 Å². The normalized spacial score (nSPS) is 23.2. The number of hydrogen-bond donors (Lipinski definition) is 1. The van der Waals surface area contributed by atoms with E-state index in [9.17, 15) is 18.0 Å². The maximum Gasteiger partial charge on any atom is 0.416 e. The SMILES string of the molecule is CC1CCC(C(N)=O)CN1c1cc(C(F)(F)F)cc(Cl)n1. The summed E-state index contributed by atoms with van der Waals surface area (Å²) in [4.78, 5) is 16.9. The van der Waals surface area contributed by atoms with Crippen LogP contribution in [0.25, 0.3) is 0 Å². The first-order valence-electron chi connectivity index (χ1n) is 6.49. The quantitative estimate of drug-likeness (QED) is 0.852. The lowest BCUT2D eigenvalue weighted by Crippen LogP contribution is -2.46. The molecule has 21 heavy (non-hydrogen) atoms. The molecule has 2 heterocycles. The van der Waals surface area contributed by atoms with E-state index in [1.807, 2.05) is 6.92 Å². The van der Waals surface area contributed by atoms with Crippen LogP contribution in [0.4, 0.5) is 19.0 Å². The van der Waals surface area contributed by atoms with E-state index in [-0.39, 0.29) is 23.6 Å². The number of nitrogens with two attached hydrogens (primary N) is 1. The standard InChI is InChI=1S/C13H15ClF3N3O/c1-7-2-3-8(12(18)21)6-20(7)11-5-9(13(15,16)17)4-10(14)19-11/h4-5,7-8H,2-3,6H2,1H3,(H2,18,21). The molecule has 0 aliphatic carbocycles. The van der Waals surface area contributed by atoms with Crippen molar-refractivity contribution < 1.29 is 18.0 Å². The van der Waals surface area contributed by atoms with Crippen molar-refractivity contribution in [2.24, 2.45) is 11.7 Å². The lowest BCUT2D eigenvalue weighted by atomic mass is 9.93. The van der Waals surface area contributed by atoms with Gasteiger partial charge in [0.25, 0.3) is 0 Å². The van der Waals surface area contributed by atoms with E-state index >= 15 is 0 Å². The highest BCUT2D eigenvalue weighted by atomic mass is 35.5. The summed E-state index contributed by atoms with van der Waals surface area (Å²) in [7, 11) is 0. The molecule has 1 aromatic heterocycles. The number of alkyl halides is 3. The van der Waals surface area contributed by atoms with Gasteiger partial charge in [0, 0.05) is 12.6 Å². The predicted octanol–water partition coefficient (Wildman–Crippen LogP) is 2.84. The summed E-state index contributed by atoms with van der Waals surface area (Å²) in [5, 5.41) is -0.228. The van der Waals surface area contributed by atoms with Crippen LogP contribution in [0.1, 0.15) is 25.3 Å². The van der Waals surface area contributed by atoms with E-state index in [0.29, 0.717) is 12.8 Å². The highest BCUT2D eigenvalue weighted by molar-refractivity contribution is 6.29. The summed E-state index contributed by atoms with van der Waals surface area (Å²) in [6.07, 6.45) is -3.22. The molecule has 4 nitrogen and oxygen atoms in total. The average molecular weight is 322 g/mol. The van der Waals surface area contributed by atoms with E-state index in [0.717, 1.165) is 12.1 Å². The van der Waals surface area contributed by atoms with Crippen molar-refractivity contribution in [3.8, 4) is 0 Å². The lowest BCUT2D eigenvalue weighted by Gasteiger charge is -2.38. The maximum atomic E-state index is 12.8. The fourth-order valence-electron chi connectivity index (χ4n) is 2.45. The zero-order valence-electron chi connectivity index (χ0n) is 11.3. The molecule has 1 fully saturated rings. The number of primary amides is 1. The van der Waals surface area contributed by atoms with E-state index in [2.05, 4.69) is 4.98 Å². The summed E-state index contributed by atoms with van der Waals surface area (Å²) in [6, 6.07) is 1.70. The Morgan fingerprint density at radius 3 is 2.67 bits per heavy atom. The summed E-state index contributed by atoms with van der Waals surface area (Å²) in [5.41, 5.74) is 4.43. The van der Waals surface area contributed by atoms with Gasteiger partial charge in [-0.3, -0.25) is 4.79 Å². The number of hydrogen-bond acceptors (Lipinski definition) is 3. The van der Waals surface area contributed by atoms with E-state index in [1.54, 1.807) is 4.90 Å². The number of rotatable bonds is 2. The Kier molecular flexibility index (Phi) is 4.32. The summed E-state index contributed by atoms with van der Waals surface area (Å²) >= 11 is 5.69. The molecule has 0 aromatic carbocycles. The van der Waals surface area contributed by atoms with Crippen LogP contribution in [-0.4, -0.2) is 23.5 Å². The fraction of sp³-hybridized carbons (Fsp3) is 0.538. The first-order chi connectivity index (χ1) is 9.68. The van der Waals surface area contributed by atoms with Crippen molar-refractivity contribution in [1.82, 2.24) is 4.98 Å². The monoisotopic (exact) mass is 321 g/mol. The number of halogens is 4. The smallest absolute Gasteiger partial charge is 0.369 e. The van der Waals surface area contributed by atoms with Crippen LogP contribution in [0.3, 0.4) is 0 Å². The van der Waals surface area contributed by atoms with Crippen LogP contribution in [0.2, 0.25) is 5.15 Å². The Labute approximate surface area is 125 Å². The Hall–Kier alpha value is -1.50. The molecule has 1 aromatic rings. The van der Waals surface area contributed by atoms with Crippen LogP contribution in [0.5, 0.6) is 0 Å². The minimum atomic E-state index is -4.50. The van der Waals surface area contributed by atoms with Crippen LogP contribution in [0, 0.1) is 5.92 Å². The van der Waals surface area contributed by atoms with Crippen molar-refractivity contribution in [3.63, 3.8) is 0 Å². The van der Waals surface area contributed by atoms with Gasteiger partial charge in [0.15, 0.2) is 0 Å². The molecule has 116 valence electrons. The summed E-state index contributed by atoms with van der Waals surface area (Å²) in [6.45, 7) is 2.12. The molecule has 0 spiro atoms. The molecular weight excluding hydrogens is 307 g/mol. The molecule has 2 N–H and O–H groups in total. The number of pyridine rings is 1. The van der Waals surface area contributed by atoms with Crippen molar-refractivity contribution in [1.29, 1.82) is 0 Å². The lowest BCUT2D eigenvalue weighted by molar-refractivity contribution is -0.137. The molecule has 2 rings (SSSR count). The third-order valence-electron chi connectivity index (χ3n) is 3.69. The van der Waals surface area contributed by atoms with Crippen molar-refractivity contribution in [3.05, 3.63) is 22.8 Å². The largest absolute Gasteiger partial charge is 0.416 e. The van der Waals surface area contributed by atoms with Gasteiger partial charge in [-0.2, -0.15) is 13.2 Å². The van der Waals surface area contributed by atoms with Gasteiger partial charge in [0.05, 0.1) is 11.5 Å². The number of aromatic nitrogens is 1. The second kappa shape index (κ2) is 5.71. The molecule has 2 unspecified atom stereocenters. The number of amides is 1. The minimum Gasteiger partial charge on any atom is -0.369 e. The molecular formula is C13H15ClF3N3O. The molecule has 2 atom stereocenters. The van der Waals surface area contributed by atoms with Crippen molar-refractivity contribution >= 4 is 23.3 Å². The zero-order valence-corrected chi connectivity index (χ0v) is 12.1. The first kappa shape index (κ1) is 15.9. The topological polar surface area (TPSA) is 59.2 Å². The molecule has 1 amide bonds. The highest BCUT2D eigenvalue weighted by Gasteiger charge is 2.34. The van der Waals surface area contributed by atoms with E-state index in [1.165, 1.54) is 0 Å². The average Bonchev–Trinajstić information content (AvgIpc) is 2.37. The molecule has 1 aliphatic rings. The van der Waals surface area contributed by atoms with Crippen molar-refractivity contribution in [2.45, 2.75) is 32.0 Å². The van der Waals surface area contributed by atoms with Gasteiger partial charge in [-0.15, -0.1) is 0 Å². The van der Waals surface area contributed by atoms with Crippen LogP contribution in [-0.2, 0) is 11.0 Å². The number of nitrogens with zero attached hydrogens (tertiary/aromatic N) is 2. The second-order valence-corrected chi connectivity index (χ2v) is 5.60. The molecule has 1 saturated heterocycles. The van der Waals surface area contributed by atoms with Gasteiger partial charge in [0.1, 0.15) is 11.0 Å². The van der Waals surface area contributed by atoms with Crippen LogP contribution < -0.4 is 10.6 Å². The first-order valence-corrected chi connectivity index (χ1v) is 6.87. The third-order valence-corrected chi connectivity index (χ3v) is 3.88. The number of carbonyl (C=O) groups is 1. The molecule has 0 saturated carbocycles. The van der Waals surface area contributed by atoms with Gasteiger partial charge in [-0.25, -0.2) is 4.98 Å². The molecule has 0 radical (unpaired) electrons. The second-order valence-electron chi connectivity index (χ2n) is 5.21. The van der Waals surface area contributed by atoms with Gasteiger partial charge in [-0.05, 0) is 31.9 Å². The molecule has 1 aliphatic heterocycles. The van der Waals surface area contributed by atoms with E-state index in [4.69, 9.17) is 17.3 Å². The number of carbonyl (C=O) groups excluding carboxylic acids is 1. The highest BCUT2D eigenvalue weighted by Crippen LogP contribution is 2.34. The van der Waals surface area contributed by atoms with E-state index < -0.39 is 23.6 Å². The Bertz CT molecular complexity index is 550. The Morgan fingerprint density at radius 2 is 2.10 bits per heavy atom. The van der Waals surface area contributed by atoms with Gasteiger partial charge < -0.3 is 10.6 Å². The number of piperidine rings is 1. The predicted molar refractivity (Wildman–Crippen MR) is 73.0 cm³/mol. The van der Waals surface area contributed by atoms with Gasteiger partial charge in [0.2, 0.25) is 5.91 Å². The summed E-state index contributed by atoms with van der Waals surface area (Å²) < 4.78 is 38.5. The molecule has 8 heteroatoms. The maximum absolute atomic E-state index is 12.8. The van der Waals surface area contributed by atoms with Gasteiger partial charge in [-0.1, -0.05) is 11.6 Å². The van der Waals surface area contributed by atoms with Gasteiger partial charge >= 0.3 is 6.18 Å². The van der Waals surface area contributed by atoms with Crippen LogP contribution in [0.15, 0.2) is 12.1 Å². The Balaban J connectivity index is 2.35. The zero-order chi connectivity index (χ0) is 15.8.